The van der Waals surface area contributed by atoms with Crippen LogP contribution in [0.15, 0.2) is 0 Å². The molecule has 0 saturated heterocycles. The number of sulfonamides is 1. The number of carboxylic acids is 1. The molecule has 0 amide bonds. The molecule has 0 aromatic heterocycles. The number of rotatable bonds is 7. The smallest absolute Gasteiger partial charge is 0.304 e. The minimum Gasteiger partial charge on any atom is -0.481 e. The third-order valence-electron chi connectivity index (χ3n) is 2.25. The lowest BCUT2D eigenvalue weighted by Gasteiger charge is -2.28. The molecule has 0 spiro atoms. The SMILES string of the molecule is CN(CC(C)(C)CN)S(=O)(=O)CCC(=O)O. The number of carbonyl (C=O) groups is 1. The van der Waals surface area contributed by atoms with Crippen LogP contribution in [0.4, 0.5) is 0 Å². The Kier molecular flexibility index (Phi) is 5.37. The zero-order chi connectivity index (χ0) is 13.0. The van der Waals surface area contributed by atoms with Gasteiger partial charge in [-0.15, -0.1) is 0 Å². The fraction of sp³-hybridized carbons (Fsp3) is 0.889. The lowest BCUT2D eigenvalue weighted by Crippen LogP contribution is -2.40. The molecule has 0 heterocycles. The summed E-state index contributed by atoms with van der Waals surface area (Å²) in [4.78, 5) is 10.3. The van der Waals surface area contributed by atoms with Crippen LogP contribution in [0.3, 0.4) is 0 Å². The highest BCUT2D eigenvalue weighted by Gasteiger charge is 2.25. The Morgan fingerprint density at radius 2 is 1.94 bits per heavy atom. The fourth-order valence-corrected chi connectivity index (χ4v) is 2.43. The van der Waals surface area contributed by atoms with E-state index in [0.29, 0.717) is 6.54 Å². The molecule has 6 nitrogen and oxygen atoms in total. The summed E-state index contributed by atoms with van der Waals surface area (Å²) < 4.78 is 24.5. The molecule has 96 valence electrons. The summed E-state index contributed by atoms with van der Waals surface area (Å²) >= 11 is 0. The number of nitrogens with two attached hydrogens (primary N) is 1. The molecule has 0 saturated carbocycles. The Morgan fingerprint density at radius 1 is 1.44 bits per heavy atom. The molecule has 0 aliphatic rings. The van der Waals surface area contributed by atoms with E-state index in [4.69, 9.17) is 10.8 Å². The predicted molar refractivity (Wildman–Crippen MR) is 61.5 cm³/mol. The largest absolute Gasteiger partial charge is 0.481 e. The first-order valence-electron chi connectivity index (χ1n) is 4.96. The van der Waals surface area contributed by atoms with E-state index in [1.54, 1.807) is 0 Å². The monoisotopic (exact) mass is 252 g/mol. The van der Waals surface area contributed by atoms with E-state index < -0.39 is 16.0 Å². The molecule has 0 fully saturated rings. The van der Waals surface area contributed by atoms with Crippen LogP contribution in [0.25, 0.3) is 0 Å². The van der Waals surface area contributed by atoms with Gasteiger partial charge in [0.25, 0.3) is 0 Å². The third-order valence-corrected chi connectivity index (χ3v) is 4.05. The Hall–Kier alpha value is -0.660. The topological polar surface area (TPSA) is 101 Å². The normalized spacial score (nSPS) is 13.1. The van der Waals surface area contributed by atoms with Gasteiger partial charge < -0.3 is 10.8 Å². The Morgan fingerprint density at radius 3 is 2.31 bits per heavy atom. The van der Waals surface area contributed by atoms with Crippen molar-refractivity contribution < 1.29 is 18.3 Å². The van der Waals surface area contributed by atoms with Crippen molar-refractivity contribution in [1.29, 1.82) is 0 Å². The van der Waals surface area contributed by atoms with Crippen LogP contribution >= 0.6 is 0 Å². The second-order valence-corrected chi connectivity index (χ2v) is 6.78. The van der Waals surface area contributed by atoms with Crippen LogP contribution in [0.5, 0.6) is 0 Å². The third kappa shape index (κ3) is 5.43. The first-order chi connectivity index (χ1) is 7.10. The molecule has 0 bridgehead atoms. The summed E-state index contributed by atoms with van der Waals surface area (Å²) in [7, 11) is -2.06. The molecule has 0 radical (unpaired) electrons. The fourth-order valence-electron chi connectivity index (χ4n) is 1.14. The van der Waals surface area contributed by atoms with Crippen LogP contribution < -0.4 is 5.73 Å². The zero-order valence-corrected chi connectivity index (χ0v) is 10.7. The molecule has 3 N–H and O–H groups in total. The maximum absolute atomic E-state index is 11.7. The molecule has 0 aliphatic carbocycles. The van der Waals surface area contributed by atoms with E-state index in [1.807, 2.05) is 13.8 Å². The van der Waals surface area contributed by atoms with Crippen molar-refractivity contribution in [3.05, 3.63) is 0 Å². The van der Waals surface area contributed by atoms with Crippen molar-refractivity contribution in [2.24, 2.45) is 11.1 Å². The second kappa shape index (κ2) is 5.60. The maximum atomic E-state index is 11.7. The molecule has 7 heteroatoms. The summed E-state index contributed by atoms with van der Waals surface area (Å²) in [6.07, 6.45) is -0.379. The van der Waals surface area contributed by atoms with Crippen molar-refractivity contribution in [3.8, 4) is 0 Å². The minimum atomic E-state index is -3.50. The second-order valence-electron chi connectivity index (χ2n) is 4.58. The molecular weight excluding hydrogens is 232 g/mol. The molecule has 0 aromatic carbocycles. The number of aliphatic carboxylic acids is 1. The summed E-state index contributed by atoms with van der Waals surface area (Å²) in [6.45, 7) is 4.36. The highest BCUT2D eigenvalue weighted by Crippen LogP contribution is 2.16. The van der Waals surface area contributed by atoms with Crippen LogP contribution in [-0.2, 0) is 14.8 Å². The summed E-state index contributed by atoms with van der Waals surface area (Å²) in [5.74, 6) is -1.49. The number of carboxylic acid groups (broad SMARTS) is 1. The van der Waals surface area contributed by atoms with Gasteiger partial charge in [0.15, 0.2) is 0 Å². The van der Waals surface area contributed by atoms with Gasteiger partial charge in [0, 0.05) is 13.6 Å². The quantitative estimate of drug-likeness (QED) is 0.648. The first-order valence-corrected chi connectivity index (χ1v) is 6.57. The summed E-state index contributed by atoms with van der Waals surface area (Å²) in [6, 6.07) is 0. The van der Waals surface area contributed by atoms with E-state index in [1.165, 1.54) is 11.4 Å². The zero-order valence-electron chi connectivity index (χ0n) is 9.93. The van der Waals surface area contributed by atoms with Crippen molar-refractivity contribution in [2.75, 3.05) is 25.9 Å². The van der Waals surface area contributed by atoms with Crippen molar-refractivity contribution in [1.82, 2.24) is 4.31 Å². The molecule has 0 aromatic rings. The van der Waals surface area contributed by atoms with Gasteiger partial charge in [-0.3, -0.25) is 4.79 Å². The van der Waals surface area contributed by atoms with Crippen LogP contribution in [0.1, 0.15) is 20.3 Å². The van der Waals surface area contributed by atoms with Gasteiger partial charge in [0.2, 0.25) is 10.0 Å². The van der Waals surface area contributed by atoms with Gasteiger partial charge in [-0.05, 0) is 12.0 Å². The first kappa shape index (κ1) is 15.3. The average Bonchev–Trinajstić information content (AvgIpc) is 2.14. The maximum Gasteiger partial charge on any atom is 0.304 e. The molecule has 16 heavy (non-hydrogen) atoms. The van der Waals surface area contributed by atoms with Gasteiger partial charge in [-0.2, -0.15) is 0 Å². The van der Waals surface area contributed by atoms with Gasteiger partial charge in [0.1, 0.15) is 0 Å². The number of hydrogen-bond acceptors (Lipinski definition) is 4. The summed E-state index contributed by atoms with van der Waals surface area (Å²) in [5.41, 5.74) is 5.19. The van der Waals surface area contributed by atoms with Crippen LogP contribution in [0, 0.1) is 5.41 Å². The average molecular weight is 252 g/mol. The van der Waals surface area contributed by atoms with E-state index in [0.717, 1.165) is 0 Å². The standard InChI is InChI=1S/C9H20N2O4S/c1-9(2,6-10)7-11(3)16(14,15)5-4-8(12)13/h4-7,10H2,1-3H3,(H,12,13). The molecule has 0 unspecified atom stereocenters. The van der Waals surface area contributed by atoms with Gasteiger partial charge in [-0.25, -0.2) is 12.7 Å². The van der Waals surface area contributed by atoms with E-state index in [2.05, 4.69) is 0 Å². The number of nitrogens with zero attached hydrogens (tertiary/aromatic N) is 1. The molecular formula is C9H20N2O4S. The van der Waals surface area contributed by atoms with Gasteiger partial charge in [-0.1, -0.05) is 13.8 Å². The van der Waals surface area contributed by atoms with Gasteiger partial charge in [0.05, 0.1) is 12.2 Å². The minimum absolute atomic E-state index is 0.283. The summed E-state index contributed by atoms with van der Waals surface area (Å²) in [5, 5.41) is 8.43. The molecule has 0 atom stereocenters. The highest BCUT2D eigenvalue weighted by molar-refractivity contribution is 7.89. The van der Waals surface area contributed by atoms with Crippen LogP contribution in [-0.4, -0.2) is 49.7 Å². The van der Waals surface area contributed by atoms with Crippen molar-refractivity contribution in [2.45, 2.75) is 20.3 Å². The van der Waals surface area contributed by atoms with E-state index in [9.17, 15) is 13.2 Å². The van der Waals surface area contributed by atoms with E-state index in [-0.39, 0.29) is 24.1 Å². The Balaban J connectivity index is 4.47. The molecule has 0 rings (SSSR count). The van der Waals surface area contributed by atoms with Crippen molar-refractivity contribution >= 4 is 16.0 Å². The highest BCUT2D eigenvalue weighted by atomic mass is 32.2. The number of hydrogen-bond donors (Lipinski definition) is 2. The molecule has 0 aliphatic heterocycles. The lowest BCUT2D eigenvalue weighted by molar-refractivity contribution is -0.136. The lowest BCUT2D eigenvalue weighted by atomic mass is 9.94. The Bertz CT molecular complexity index is 337. The van der Waals surface area contributed by atoms with Crippen LogP contribution in [0.2, 0.25) is 0 Å². The van der Waals surface area contributed by atoms with E-state index >= 15 is 0 Å². The van der Waals surface area contributed by atoms with Gasteiger partial charge >= 0.3 is 5.97 Å². The Labute approximate surface area is 96.5 Å². The van der Waals surface area contributed by atoms with Crippen molar-refractivity contribution in [3.63, 3.8) is 0 Å². The predicted octanol–water partition coefficient (Wildman–Crippen LogP) is -0.292.